The predicted octanol–water partition coefficient (Wildman–Crippen LogP) is 5.90. The molecular formula is C22H16Cl2N2O2. The smallest absolute Gasteiger partial charge is 0.243 e. The molecule has 0 fully saturated rings. The van der Waals surface area contributed by atoms with Gasteiger partial charge in [0.15, 0.2) is 0 Å². The third kappa shape index (κ3) is 3.61. The number of benzene rings is 3. The molecule has 4 nitrogen and oxygen atoms in total. The van der Waals surface area contributed by atoms with Gasteiger partial charge in [-0.15, -0.1) is 5.10 Å². The third-order valence-corrected chi connectivity index (χ3v) is 4.98. The van der Waals surface area contributed by atoms with Gasteiger partial charge in [0.1, 0.15) is 0 Å². The fourth-order valence-corrected chi connectivity index (χ4v) is 3.51. The van der Waals surface area contributed by atoms with Gasteiger partial charge in [-0.3, -0.25) is 4.79 Å². The van der Waals surface area contributed by atoms with E-state index in [-0.39, 0.29) is 11.8 Å². The van der Waals surface area contributed by atoms with Crippen LogP contribution in [-0.4, -0.2) is 16.8 Å². The molecule has 0 N–H and O–H groups in total. The maximum Gasteiger partial charge on any atom is 0.243 e. The lowest BCUT2D eigenvalue weighted by Gasteiger charge is -2.19. The van der Waals surface area contributed by atoms with Gasteiger partial charge in [-0.2, -0.15) is 5.01 Å². The van der Waals surface area contributed by atoms with Gasteiger partial charge >= 0.3 is 0 Å². The standard InChI is InChI=1S/C22H16Cl2N2O2/c1-14(27)26-22(28-21(25-26)19-12-11-18(23)13-20(19)24)17-9-7-16(8-10-17)15-5-3-2-4-6-15/h2-13,22H,1H3. The van der Waals surface area contributed by atoms with Crippen LogP contribution in [-0.2, 0) is 9.53 Å². The average Bonchev–Trinajstić information content (AvgIpc) is 3.14. The normalized spacial score (nSPS) is 15.9. The second-order valence-corrected chi connectivity index (χ2v) is 7.19. The van der Waals surface area contributed by atoms with E-state index in [0.717, 1.165) is 16.7 Å². The maximum absolute atomic E-state index is 12.1. The fourth-order valence-electron chi connectivity index (χ4n) is 3.03. The Labute approximate surface area is 173 Å². The summed E-state index contributed by atoms with van der Waals surface area (Å²) >= 11 is 12.2. The molecule has 0 aromatic heterocycles. The lowest BCUT2D eigenvalue weighted by Crippen LogP contribution is -2.25. The third-order valence-electron chi connectivity index (χ3n) is 4.43. The van der Waals surface area contributed by atoms with Gasteiger partial charge in [0.25, 0.3) is 0 Å². The van der Waals surface area contributed by atoms with Crippen molar-refractivity contribution in [3.05, 3.63) is 94.0 Å². The lowest BCUT2D eigenvalue weighted by molar-refractivity contribution is -0.135. The first kappa shape index (κ1) is 18.5. The second-order valence-electron chi connectivity index (χ2n) is 6.35. The van der Waals surface area contributed by atoms with Gasteiger partial charge in [0.2, 0.25) is 18.0 Å². The molecule has 4 rings (SSSR count). The molecule has 28 heavy (non-hydrogen) atoms. The van der Waals surface area contributed by atoms with E-state index in [1.165, 1.54) is 11.9 Å². The number of carbonyl (C=O) groups excluding carboxylic acids is 1. The van der Waals surface area contributed by atoms with Crippen molar-refractivity contribution in [3.63, 3.8) is 0 Å². The van der Waals surface area contributed by atoms with Gasteiger partial charge in [-0.1, -0.05) is 77.8 Å². The highest BCUT2D eigenvalue weighted by atomic mass is 35.5. The topological polar surface area (TPSA) is 41.9 Å². The van der Waals surface area contributed by atoms with Crippen molar-refractivity contribution in [2.75, 3.05) is 0 Å². The van der Waals surface area contributed by atoms with E-state index < -0.39 is 6.23 Å². The summed E-state index contributed by atoms with van der Waals surface area (Å²) in [5, 5.41) is 6.58. The van der Waals surface area contributed by atoms with Gasteiger partial charge < -0.3 is 4.74 Å². The summed E-state index contributed by atoms with van der Waals surface area (Å²) in [6, 6.07) is 23.0. The van der Waals surface area contributed by atoms with Gasteiger partial charge in [0.05, 0.1) is 10.6 Å². The minimum atomic E-state index is -0.649. The Morgan fingerprint density at radius 1 is 0.964 bits per heavy atom. The average molecular weight is 411 g/mol. The molecule has 0 saturated heterocycles. The number of rotatable bonds is 3. The summed E-state index contributed by atoms with van der Waals surface area (Å²) in [5.41, 5.74) is 3.60. The van der Waals surface area contributed by atoms with Crippen molar-refractivity contribution in [1.82, 2.24) is 5.01 Å². The van der Waals surface area contributed by atoms with Gasteiger partial charge in [-0.05, 0) is 29.3 Å². The molecule has 0 aliphatic carbocycles. The minimum Gasteiger partial charge on any atom is -0.446 e. The highest BCUT2D eigenvalue weighted by molar-refractivity contribution is 6.36. The van der Waals surface area contributed by atoms with Crippen molar-refractivity contribution < 1.29 is 9.53 Å². The summed E-state index contributed by atoms with van der Waals surface area (Å²) in [4.78, 5) is 12.1. The van der Waals surface area contributed by atoms with Crippen molar-refractivity contribution in [2.24, 2.45) is 5.10 Å². The van der Waals surface area contributed by atoms with Crippen LogP contribution in [0.1, 0.15) is 24.3 Å². The molecule has 0 saturated carbocycles. The van der Waals surface area contributed by atoms with Crippen molar-refractivity contribution in [2.45, 2.75) is 13.2 Å². The number of hydrogen-bond acceptors (Lipinski definition) is 3. The Kier molecular flexibility index (Phi) is 5.07. The van der Waals surface area contributed by atoms with Gasteiger partial charge in [-0.25, -0.2) is 0 Å². The lowest BCUT2D eigenvalue weighted by atomic mass is 10.0. The first-order chi connectivity index (χ1) is 13.5. The molecule has 3 aromatic carbocycles. The summed E-state index contributed by atoms with van der Waals surface area (Å²) in [6.45, 7) is 1.45. The zero-order valence-corrected chi connectivity index (χ0v) is 16.5. The number of carbonyl (C=O) groups is 1. The molecule has 6 heteroatoms. The molecule has 1 unspecified atom stereocenters. The molecule has 1 amide bonds. The van der Waals surface area contributed by atoms with Crippen molar-refractivity contribution in [3.8, 4) is 11.1 Å². The van der Waals surface area contributed by atoms with Gasteiger partial charge in [0, 0.05) is 17.5 Å². The van der Waals surface area contributed by atoms with Crippen LogP contribution in [0.4, 0.5) is 0 Å². The summed E-state index contributed by atoms with van der Waals surface area (Å²) < 4.78 is 6.00. The number of ether oxygens (including phenoxy) is 1. The van der Waals surface area contributed by atoms with Crippen molar-refractivity contribution in [1.29, 1.82) is 0 Å². The van der Waals surface area contributed by atoms with Crippen LogP contribution in [0.3, 0.4) is 0 Å². The molecule has 3 aromatic rings. The van der Waals surface area contributed by atoms with Crippen LogP contribution >= 0.6 is 23.2 Å². The number of amides is 1. The van der Waals surface area contributed by atoms with E-state index >= 15 is 0 Å². The number of hydrogen-bond donors (Lipinski definition) is 0. The van der Waals surface area contributed by atoms with E-state index in [1.54, 1.807) is 18.2 Å². The molecule has 140 valence electrons. The Hall–Kier alpha value is -2.82. The molecular weight excluding hydrogens is 395 g/mol. The first-order valence-corrected chi connectivity index (χ1v) is 9.44. The zero-order valence-electron chi connectivity index (χ0n) is 15.0. The quantitative estimate of drug-likeness (QED) is 0.539. The van der Waals surface area contributed by atoms with E-state index in [1.807, 2.05) is 54.6 Å². The van der Waals surface area contributed by atoms with E-state index in [0.29, 0.717) is 15.6 Å². The Balaban J connectivity index is 1.63. The molecule has 1 heterocycles. The first-order valence-electron chi connectivity index (χ1n) is 8.69. The minimum absolute atomic E-state index is 0.225. The number of hydrazone groups is 1. The highest BCUT2D eigenvalue weighted by Crippen LogP contribution is 2.33. The molecule has 1 aliphatic rings. The van der Waals surface area contributed by atoms with Crippen LogP contribution < -0.4 is 0 Å². The largest absolute Gasteiger partial charge is 0.446 e. The molecule has 0 spiro atoms. The fraction of sp³-hybridized carbons (Fsp3) is 0.0909. The number of nitrogens with zero attached hydrogens (tertiary/aromatic N) is 2. The SMILES string of the molecule is CC(=O)N1N=C(c2ccc(Cl)cc2Cl)OC1c1ccc(-c2ccccc2)cc1. The number of halogens is 2. The Bertz CT molecular complexity index is 1050. The Morgan fingerprint density at radius 2 is 1.64 bits per heavy atom. The van der Waals surface area contributed by atoms with E-state index in [2.05, 4.69) is 5.10 Å². The monoisotopic (exact) mass is 410 g/mol. The zero-order chi connectivity index (χ0) is 19.7. The van der Waals surface area contributed by atoms with Crippen LogP contribution in [0.5, 0.6) is 0 Å². The summed E-state index contributed by atoms with van der Waals surface area (Å²) in [6.07, 6.45) is -0.649. The van der Waals surface area contributed by atoms with E-state index in [4.69, 9.17) is 27.9 Å². The predicted molar refractivity (Wildman–Crippen MR) is 111 cm³/mol. The molecule has 1 aliphatic heterocycles. The summed E-state index contributed by atoms with van der Waals surface area (Å²) in [5.74, 6) is 0.0613. The van der Waals surface area contributed by atoms with Crippen LogP contribution in [0.25, 0.3) is 11.1 Å². The second kappa shape index (κ2) is 7.66. The molecule has 0 bridgehead atoms. The highest BCUT2D eigenvalue weighted by Gasteiger charge is 2.33. The van der Waals surface area contributed by atoms with Crippen LogP contribution in [0, 0.1) is 0 Å². The maximum atomic E-state index is 12.1. The summed E-state index contributed by atoms with van der Waals surface area (Å²) in [7, 11) is 0. The molecule has 1 atom stereocenters. The van der Waals surface area contributed by atoms with Crippen molar-refractivity contribution >= 4 is 35.0 Å². The van der Waals surface area contributed by atoms with Crippen LogP contribution in [0.2, 0.25) is 10.0 Å². The Morgan fingerprint density at radius 3 is 2.29 bits per heavy atom. The molecule has 0 radical (unpaired) electrons. The van der Waals surface area contributed by atoms with E-state index in [9.17, 15) is 4.79 Å². The van der Waals surface area contributed by atoms with Crippen LogP contribution in [0.15, 0.2) is 77.9 Å².